The molecule has 5 heteroatoms. The number of rotatable bonds is 13. The molecular formula is C37H59N3O2. The van der Waals surface area contributed by atoms with Crippen LogP contribution in [0.25, 0.3) is 0 Å². The summed E-state index contributed by atoms with van der Waals surface area (Å²) in [6, 6.07) is 14.1. The molecule has 0 bridgehead atoms. The minimum absolute atomic E-state index is 0.102. The van der Waals surface area contributed by atoms with E-state index in [0.29, 0.717) is 18.2 Å². The summed E-state index contributed by atoms with van der Waals surface area (Å²) in [5, 5.41) is 7.60. The molecule has 5 nitrogen and oxygen atoms in total. The highest BCUT2D eigenvalue weighted by molar-refractivity contribution is 5.29. The summed E-state index contributed by atoms with van der Waals surface area (Å²) in [7, 11) is 0. The molecule has 1 aromatic carbocycles. The van der Waals surface area contributed by atoms with Crippen LogP contribution in [0.2, 0.25) is 0 Å². The zero-order valence-electron chi connectivity index (χ0n) is 28.3. The molecule has 0 radical (unpaired) electrons. The zero-order chi connectivity index (χ0) is 30.8. The van der Waals surface area contributed by atoms with E-state index in [0.717, 1.165) is 50.2 Å². The number of hydrogen-bond acceptors (Lipinski definition) is 5. The average Bonchev–Trinajstić information content (AvgIpc) is 2.83. The normalized spacial score (nSPS) is 23.2. The van der Waals surface area contributed by atoms with Crippen molar-refractivity contribution in [3.63, 3.8) is 0 Å². The molecule has 0 aliphatic heterocycles. The van der Waals surface area contributed by atoms with E-state index in [9.17, 15) is 0 Å². The van der Waals surface area contributed by atoms with Gasteiger partial charge in [0.05, 0.1) is 0 Å². The van der Waals surface area contributed by atoms with Gasteiger partial charge in [-0.2, -0.15) is 0 Å². The Morgan fingerprint density at radius 1 is 0.738 bits per heavy atom. The van der Waals surface area contributed by atoms with Crippen LogP contribution in [0.5, 0.6) is 11.6 Å². The molecule has 1 heterocycles. The maximum absolute atomic E-state index is 6.31. The van der Waals surface area contributed by atoms with Crippen LogP contribution >= 0.6 is 0 Å². The van der Waals surface area contributed by atoms with Gasteiger partial charge in [0, 0.05) is 35.4 Å². The minimum atomic E-state index is 0.102. The molecule has 2 aromatic rings. The molecule has 2 N–H and O–H groups in total. The standard InChI is InChI=1S/C37H59N3O2/c1-34(2,3)27-15-19-38-33(21-27)42-32-24-29(25-32)40-37(9,10)18-17-36(7,8)16-14-26-12-11-13-30(20-26)41-31-22-28(23-31)39-35(4,5)6/h11-13,15,19-21,28-29,31-32,39-40H,14,16-18,22-25H2,1-10H3. The van der Waals surface area contributed by atoms with Crippen molar-refractivity contribution in [2.24, 2.45) is 5.41 Å². The molecule has 0 spiro atoms. The van der Waals surface area contributed by atoms with E-state index >= 15 is 0 Å². The maximum Gasteiger partial charge on any atom is 0.213 e. The van der Waals surface area contributed by atoms with Gasteiger partial charge >= 0.3 is 0 Å². The van der Waals surface area contributed by atoms with Gasteiger partial charge in [-0.25, -0.2) is 4.98 Å². The molecule has 0 amide bonds. The van der Waals surface area contributed by atoms with Crippen molar-refractivity contribution in [2.75, 3.05) is 0 Å². The highest BCUT2D eigenvalue weighted by Crippen LogP contribution is 2.35. The smallest absolute Gasteiger partial charge is 0.213 e. The van der Waals surface area contributed by atoms with Crippen LogP contribution in [-0.2, 0) is 11.8 Å². The summed E-state index contributed by atoms with van der Waals surface area (Å²) < 4.78 is 12.5. The van der Waals surface area contributed by atoms with Gasteiger partial charge in [-0.3, -0.25) is 0 Å². The quantitative estimate of drug-likeness (QED) is 0.250. The lowest BCUT2D eigenvalue weighted by Crippen LogP contribution is -2.54. The molecule has 2 aliphatic carbocycles. The Labute approximate surface area is 257 Å². The molecule has 1 aromatic heterocycles. The number of pyridine rings is 1. The number of benzene rings is 1. The Morgan fingerprint density at radius 2 is 1.38 bits per heavy atom. The van der Waals surface area contributed by atoms with Gasteiger partial charge in [-0.15, -0.1) is 0 Å². The van der Waals surface area contributed by atoms with Gasteiger partial charge in [0.15, 0.2) is 0 Å². The Balaban J connectivity index is 1.15. The van der Waals surface area contributed by atoms with E-state index in [2.05, 4.69) is 121 Å². The van der Waals surface area contributed by atoms with Crippen molar-refractivity contribution in [3.05, 3.63) is 53.7 Å². The van der Waals surface area contributed by atoms with E-state index in [1.165, 1.54) is 24.0 Å². The second-order valence-electron chi connectivity index (χ2n) is 16.7. The van der Waals surface area contributed by atoms with Gasteiger partial charge in [0.2, 0.25) is 5.88 Å². The van der Waals surface area contributed by atoms with Crippen LogP contribution < -0.4 is 20.1 Å². The van der Waals surface area contributed by atoms with E-state index in [1.54, 1.807) is 0 Å². The molecule has 42 heavy (non-hydrogen) atoms. The Hall–Kier alpha value is -2.11. The monoisotopic (exact) mass is 577 g/mol. The molecule has 2 fully saturated rings. The first-order chi connectivity index (χ1) is 19.4. The first kappa shape index (κ1) is 32.8. The summed E-state index contributed by atoms with van der Waals surface area (Å²) >= 11 is 0. The van der Waals surface area contributed by atoms with Gasteiger partial charge < -0.3 is 20.1 Å². The van der Waals surface area contributed by atoms with Crippen LogP contribution in [0.1, 0.15) is 125 Å². The van der Waals surface area contributed by atoms with Crippen LogP contribution in [-0.4, -0.2) is 40.4 Å². The summed E-state index contributed by atoms with van der Waals surface area (Å²) in [5.41, 5.74) is 3.30. The lowest BCUT2D eigenvalue weighted by Gasteiger charge is -2.42. The van der Waals surface area contributed by atoms with Crippen LogP contribution in [0.3, 0.4) is 0 Å². The molecule has 0 unspecified atom stereocenters. The highest BCUT2D eigenvalue weighted by atomic mass is 16.5. The fourth-order valence-electron chi connectivity index (χ4n) is 6.13. The van der Waals surface area contributed by atoms with E-state index in [1.807, 2.05) is 6.20 Å². The molecule has 0 saturated heterocycles. The summed E-state index contributed by atoms with van der Waals surface area (Å²) in [5.74, 6) is 1.78. The molecule has 0 atom stereocenters. The predicted molar refractivity (Wildman–Crippen MR) is 176 cm³/mol. The Bertz CT molecular complexity index is 1150. The molecule has 2 saturated carbocycles. The lowest BCUT2D eigenvalue weighted by molar-refractivity contribution is 0.0641. The molecule has 4 rings (SSSR count). The number of aryl methyl sites for hydroxylation is 1. The average molecular weight is 578 g/mol. The third kappa shape index (κ3) is 10.3. The van der Waals surface area contributed by atoms with Crippen LogP contribution in [0, 0.1) is 5.41 Å². The lowest BCUT2D eigenvalue weighted by atomic mass is 9.78. The van der Waals surface area contributed by atoms with Crippen molar-refractivity contribution in [2.45, 2.75) is 161 Å². The van der Waals surface area contributed by atoms with Crippen LogP contribution in [0.15, 0.2) is 42.6 Å². The van der Waals surface area contributed by atoms with E-state index in [4.69, 9.17) is 9.47 Å². The topological polar surface area (TPSA) is 55.4 Å². The summed E-state index contributed by atoms with van der Waals surface area (Å²) in [4.78, 5) is 4.46. The van der Waals surface area contributed by atoms with Gasteiger partial charge in [-0.1, -0.05) is 46.8 Å². The summed E-state index contributed by atoms with van der Waals surface area (Å²) in [6.45, 7) is 22.9. The number of nitrogens with zero attached hydrogens (tertiary/aromatic N) is 1. The van der Waals surface area contributed by atoms with Crippen molar-refractivity contribution in [1.82, 2.24) is 15.6 Å². The minimum Gasteiger partial charge on any atom is -0.490 e. The second kappa shape index (κ2) is 12.9. The second-order valence-corrected chi connectivity index (χ2v) is 16.7. The fraction of sp³-hybridized carbons (Fsp3) is 0.703. The van der Waals surface area contributed by atoms with Gasteiger partial charge in [0.25, 0.3) is 0 Å². The van der Waals surface area contributed by atoms with Gasteiger partial charge in [-0.05, 0) is 126 Å². The van der Waals surface area contributed by atoms with Gasteiger partial charge in [0.1, 0.15) is 18.0 Å². The summed E-state index contributed by atoms with van der Waals surface area (Å²) in [6.07, 6.45) is 11.3. The van der Waals surface area contributed by atoms with Crippen molar-refractivity contribution in [3.8, 4) is 11.6 Å². The number of nitrogens with one attached hydrogen (secondary N) is 2. The van der Waals surface area contributed by atoms with E-state index < -0.39 is 0 Å². The SMILES string of the molecule is CC(C)(CCc1cccc(OC2CC(NC(C)(C)C)C2)c1)CCC(C)(C)NC1CC(Oc2cc(C(C)(C)C)ccn2)C1. The third-order valence-corrected chi connectivity index (χ3v) is 9.03. The molecular weight excluding hydrogens is 518 g/mol. The molecule has 234 valence electrons. The number of ether oxygens (including phenoxy) is 2. The predicted octanol–water partition coefficient (Wildman–Crippen LogP) is 8.39. The third-order valence-electron chi connectivity index (χ3n) is 9.03. The number of hydrogen-bond donors (Lipinski definition) is 2. The molecule has 2 aliphatic rings. The zero-order valence-corrected chi connectivity index (χ0v) is 28.3. The van der Waals surface area contributed by atoms with Crippen LogP contribution in [0.4, 0.5) is 0 Å². The first-order valence-corrected chi connectivity index (χ1v) is 16.4. The van der Waals surface area contributed by atoms with E-state index in [-0.39, 0.29) is 28.0 Å². The largest absolute Gasteiger partial charge is 0.490 e. The highest BCUT2D eigenvalue weighted by Gasteiger charge is 2.36. The Kier molecular flexibility index (Phi) is 10.0. The van der Waals surface area contributed by atoms with Crippen molar-refractivity contribution < 1.29 is 9.47 Å². The first-order valence-electron chi connectivity index (χ1n) is 16.4. The fourth-order valence-corrected chi connectivity index (χ4v) is 6.13. The maximum atomic E-state index is 6.31. The van der Waals surface area contributed by atoms with Crippen molar-refractivity contribution >= 4 is 0 Å². The Morgan fingerprint density at radius 3 is 2.02 bits per heavy atom. The van der Waals surface area contributed by atoms with Crippen molar-refractivity contribution in [1.29, 1.82) is 0 Å². The number of aromatic nitrogens is 1.